The largest absolute Gasteiger partial charge is 0.484 e. The number of aliphatic hydroxyl groups is 1. The molecule has 3 N–H and O–H groups in total. The summed E-state index contributed by atoms with van der Waals surface area (Å²) in [5, 5.41) is 10.2. The lowest BCUT2D eigenvalue weighted by Crippen LogP contribution is -2.57. The molecule has 1 atom stereocenters. The molecule has 1 aliphatic carbocycles. The van der Waals surface area contributed by atoms with Crippen LogP contribution in [0.1, 0.15) is 36.8 Å². The van der Waals surface area contributed by atoms with Crippen LogP contribution in [0, 0.1) is 0 Å². The highest BCUT2D eigenvalue weighted by Crippen LogP contribution is 2.26. The average molecular weight is 332 g/mol. The summed E-state index contributed by atoms with van der Waals surface area (Å²) in [7, 11) is 0. The van der Waals surface area contributed by atoms with Crippen molar-refractivity contribution in [1.29, 1.82) is 0 Å². The van der Waals surface area contributed by atoms with Crippen molar-refractivity contribution in [2.75, 3.05) is 19.7 Å². The summed E-state index contributed by atoms with van der Waals surface area (Å²) in [5.74, 6) is -0.339. The van der Waals surface area contributed by atoms with Crippen LogP contribution in [0.2, 0.25) is 0 Å². The Labute approximate surface area is 141 Å². The van der Waals surface area contributed by atoms with Crippen LogP contribution in [0.3, 0.4) is 0 Å². The molecule has 1 aliphatic heterocycles. The fraction of sp³-hybridized carbons (Fsp3) is 0.556. The third kappa shape index (κ3) is 3.53. The number of primary amides is 1. The number of nitrogens with zero attached hydrogens (tertiary/aromatic N) is 1. The number of nitrogens with two attached hydrogens (primary N) is 1. The zero-order chi connectivity index (χ0) is 17.2. The van der Waals surface area contributed by atoms with E-state index in [2.05, 4.69) is 6.07 Å². The molecular formula is C18H24N2O4. The Morgan fingerprint density at radius 1 is 1.21 bits per heavy atom. The molecule has 1 fully saturated rings. The maximum atomic E-state index is 12.3. The first-order valence-corrected chi connectivity index (χ1v) is 8.53. The minimum atomic E-state index is -1.63. The van der Waals surface area contributed by atoms with Crippen molar-refractivity contribution < 1.29 is 19.4 Å². The van der Waals surface area contributed by atoms with Gasteiger partial charge in [0.25, 0.3) is 11.8 Å². The maximum Gasteiger partial charge on any atom is 0.260 e. The van der Waals surface area contributed by atoms with E-state index in [1.807, 2.05) is 12.1 Å². The molecule has 1 heterocycles. The molecule has 24 heavy (non-hydrogen) atoms. The third-order valence-electron chi connectivity index (χ3n) is 4.96. The number of β-amino-alcohol motifs (C(OH)–C–C–N with tert-alkyl or cyclic N) is 1. The Kier molecular flexibility index (Phi) is 4.76. The van der Waals surface area contributed by atoms with Crippen LogP contribution in [-0.4, -0.2) is 47.1 Å². The highest BCUT2D eigenvalue weighted by molar-refractivity contribution is 5.85. The molecule has 0 radical (unpaired) electrons. The summed E-state index contributed by atoms with van der Waals surface area (Å²) in [6.07, 6.45) is 5.41. The normalized spacial score (nSPS) is 23.5. The van der Waals surface area contributed by atoms with Gasteiger partial charge in [-0.05, 0) is 61.8 Å². The molecule has 3 rings (SSSR count). The Morgan fingerprint density at radius 3 is 2.71 bits per heavy atom. The number of ether oxygens (including phenoxy) is 1. The molecule has 130 valence electrons. The molecule has 2 aliphatic rings. The van der Waals surface area contributed by atoms with E-state index in [1.54, 1.807) is 0 Å². The fourth-order valence-corrected chi connectivity index (χ4v) is 3.49. The van der Waals surface area contributed by atoms with Crippen molar-refractivity contribution in [3.8, 4) is 5.75 Å². The van der Waals surface area contributed by atoms with Gasteiger partial charge in [0.2, 0.25) is 0 Å². The topological polar surface area (TPSA) is 92.9 Å². The first-order valence-electron chi connectivity index (χ1n) is 8.53. The monoisotopic (exact) mass is 332 g/mol. The first-order chi connectivity index (χ1) is 11.5. The minimum Gasteiger partial charge on any atom is -0.484 e. The number of fused-ring (bicyclic) bond motifs is 1. The van der Waals surface area contributed by atoms with Crippen LogP contribution in [0.5, 0.6) is 5.75 Å². The van der Waals surface area contributed by atoms with Gasteiger partial charge in [-0.1, -0.05) is 6.07 Å². The van der Waals surface area contributed by atoms with E-state index in [9.17, 15) is 14.7 Å². The van der Waals surface area contributed by atoms with E-state index in [1.165, 1.54) is 28.9 Å². The number of hydrogen-bond acceptors (Lipinski definition) is 4. The molecule has 6 heteroatoms. The molecule has 1 aromatic carbocycles. The number of amides is 2. The van der Waals surface area contributed by atoms with Crippen LogP contribution in [0.25, 0.3) is 0 Å². The summed E-state index contributed by atoms with van der Waals surface area (Å²) < 4.78 is 5.63. The molecule has 0 bridgehead atoms. The Balaban J connectivity index is 1.58. The molecule has 6 nitrogen and oxygen atoms in total. The lowest BCUT2D eigenvalue weighted by atomic mass is 9.92. The second-order valence-corrected chi connectivity index (χ2v) is 6.74. The standard InChI is InChI=1S/C18H24N2O4/c19-17(22)18(23)8-3-9-20(12-18)16(21)11-24-15-7-6-13-4-1-2-5-14(13)10-15/h6-7,10,23H,1-5,8-9,11-12H2,(H2,19,22)/t18-/m0/s1. The molecule has 2 amide bonds. The van der Waals surface area contributed by atoms with Crippen molar-refractivity contribution in [3.63, 3.8) is 0 Å². The van der Waals surface area contributed by atoms with E-state index in [4.69, 9.17) is 10.5 Å². The number of hydrogen-bond donors (Lipinski definition) is 2. The number of piperidine rings is 1. The van der Waals surface area contributed by atoms with E-state index < -0.39 is 11.5 Å². The van der Waals surface area contributed by atoms with Gasteiger partial charge in [-0.3, -0.25) is 9.59 Å². The van der Waals surface area contributed by atoms with Crippen molar-refractivity contribution in [1.82, 2.24) is 4.90 Å². The third-order valence-corrected chi connectivity index (χ3v) is 4.96. The van der Waals surface area contributed by atoms with Crippen molar-refractivity contribution in [3.05, 3.63) is 29.3 Å². The SMILES string of the molecule is NC(=O)[C@]1(O)CCCN(C(=O)COc2ccc3c(c2)CCCC3)C1. The smallest absolute Gasteiger partial charge is 0.260 e. The zero-order valence-corrected chi connectivity index (χ0v) is 13.8. The summed E-state index contributed by atoms with van der Waals surface area (Å²) in [4.78, 5) is 25.1. The van der Waals surface area contributed by atoms with Gasteiger partial charge in [0.05, 0.1) is 6.54 Å². The van der Waals surface area contributed by atoms with E-state index in [0.29, 0.717) is 18.7 Å². The number of likely N-dealkylation sites (tertiary alicyclic amines) is 1. The fourth-order valence-electron chi connectivity index (χ4n) is 3.49. The zero-order valence-electron chi connectivity index (χ0n) is 13.8. The van der Waals surface area contributed by atoms with Crippen molar-refractivity contribution in [2.45, 2.75) is 44.1 Å². The van der Waals surface area contributed by atoms with Crippen LogP contribution in [-0.2, 0) is 22.4 Å². The quantitative estimate of drug-likeness (QED) is 0.852. The average Bonchev–Trinajstić information content (AvgIpc) is 2.59. The van der Waals surface area contributed by atoms with Crippen molar-refractivity contribution in [2.24, 2.45) is 5.73 Å². The predicted octanol–water partition coefficient (Wildman–Crippen LogP) is 0.783. The summed E-state index contributed by atoms with van der Waals surface area (Å²) in [5.41, 5.74) is 6.27. The molecular weight excluding hydrogens is 308 g/mol. The predicted molar refractivity (Wildman–Crippen MR) is 88.5 cm³/mol. The minimum absolute atomic E-state index is 0.0608. The molecule has 1 saturated heterocycles. The number of benzene rings is 1. The van der Waals surface area contributed by atoms with E-state index in [-0.39, 0.29) is 25.5 Å². The van der Waals surface area contributed by atoms with Gasteiger partial charge in [-0.25, -0.2) is 0 Å². The first kappa shape index (κ1) is 16.8. The van der Waals surface area contributed by atoms with Crippen LogP contribution in [0.15, 0.2) is 18.2 Å². The van der Waals surface area contributed by atoms with E-state index >= 15 is 0 Å². The van der Waals surface area contributed by atoms with Gasteiger partial charge in [0.1, 0.15) is 5.75 Å². The number of carbonyl (C=O) groups is 2. The molecule has 0 unspecified atom stereocenters. The number of rotatable bonds is 4. The van der Waals surface area contributed by atoms with Gasteiger partial charge >= 0.3 is 0 Å². The molecule has 0 spiro atoms. The Bertz CT molecular complexity index is 646. The van der Waals surface area contributed by atoms with Gasteiger partial charge < -0.3 is 20.5 Å². The second-order valence-electron chi connectivity index (χ2n) is 6.74. The Hall–Kier alpha value is -2.08. The van der Waals surface area contributed by atoms with Crippen molar-refractivity contribution >= 4 is 11.8 Å². The highest BCUT2D eigenvalue weighted by Gasteiger charge is 2.40. The summed E-state index contributed by atoms with van der Waals surface area (Å²) >= 11 is 0. The van der Waals surface area contributed by atoms with E-state index in [0.717, 1.165) is 12.8 Å². The van der Waals surface area contributed by atoms with Gasteiger partial charge in [0.15, 0.2) is 12.2 Å². The number of carbonyl (C=O) groups excluding carboxylic acids is 2. The van der Waals surface area contributed by atoms with Gasteiger partial charge in [0, 0.05) is 6.54 Å². The van der Waals surface area contributed by atoms with Crippen LogP contribution in [0.4, 0.5) is 0 Å². The number of aryl methyl sites for hydroxylation is 2. The highest BCUT2D eigenvalue weighted by atomic mass is 16.5. The lowest BCUT2D eigenvalue weighted by Gasteiger charge is -2.36. The molecule has 0 aromatic heterocycles. The second kappa shape index (κ2) is 6.81. The Morgan fingerprint density at radius 2 is 1.96 bits per heavy atom. The lowest BCUT2D eigenvalue weighted by molar-refractivity contribution is -0.150. The molecule has 1 aromatic rings. The summed E-state index contributed by atoms with van der Waals surface area (Å²) in [6.45, 7) is 0.338. The van der Waals surface area contributed by atoms with Gasteiger partial charge in [-0.2, -0.15) is 0 Å². The van der Waals surface area contributed by atoms with Crippen LogP contribution >= 0.6 is 0 Å². The molecule has 0 saturated carbocycles. The van der Waals surface area contributed by atoms with Gasteiger partial charge in [-0.15, -0.1) is 0 Å². The maximum absolute atomic E-state index is 12.3. The summed E-state index contributed by atoms with van der Waals surface area (Å²) in [6, 6.07) is 5.98. The van der Waals surface area contributed by atoms with Crippen LogP contribution < -0.4 is 10.5 Å².